The lowest BCUT2D eigenvalue weighted by molar-refractivity contribution is 0.593. The van der Waals surface area contributed by atoms with Crippen molar-refractivity contribution >= 4 is 27.0 Å². The summed E-state index contributed by atoms with van der Waals surface area (Å²) in [4.78, 5) is 2.09. The fourth-order valence-corrected chi connectivity index (χ4v) is 3.25. The second-order valence-corrected chi connectivity index (χ2v) is 7.39. The zero-order valence-corrected chi connectivity index (χ0v) is 12.7. The van der Waals surface area contributed by atoms with Crippen molar-refractivity contribution < 1.29 is 12.8 Å². The number of hydrogen-bond acceptors (Lipinski definition) is 4. The zero-order valence-electron chi connectivity index (χ0n) is 11.1. The Morgan fingerprint density at radius 3 is 2.50 bits per heavy atom. The summed E-state index contributed by atoms with van der Waals surface area (Å²) in [7, 11) is -3.88. The van der Waals surface area contributed by atoms with E-state index < -0.39 is 15.8 Å². The van der Waals surface area contributed by atoms with Crippen molar-refractivity contribution in [3.05, 3.63) is 45.4 Å². The predicted octanol–water partition coefficient (Wildman–Crippen LogP) is 2.76. The molecule has 0 spiro atoms. The number of rotatable bonds is 4. The third-order valence-electron chi connectivity index (χ3n) is 2.94. The number of benzene rings is 1. The molecule has 20 heavy (non-hydrogen) atoms. The van der Waals surface area contributed by atoms with Crippen LogP contribution < -0.4 is 10.5 Å². The van der Waals surface area contributed by atoms with E-state index in [4.69, 9.17) is 5.14 Å². The Labute approximate surface area is 121 Å². The fourth-order valence-electron chi connectivity index (χ4n) is 1.74. The molecule has 2 rings (SSSR count). The lowest BCUT2D eigenvalue weighted by Crippen LogP contribution is -2.12. The lowest BCUT2D eigenvalue weighted by atomic mass is 10.2. The van der Waals surface area contributed by atoms with Gasteiger partial charge in [-0.2, -0.15) is 0 Å². The standard InChI is InChI=1S/C13H15FN2O2S2/c1-8-5-10(19-9(8)2)7-16-13-4-3-11(6-12(13)14)20(15,17)18/h3-6,16H,7H2,1-2H3,(H2,15,17,18). The van der Waals surface area contributed by atoms with Gasteiger partial charge in [-0.1, -0.05) is 0 Å². The van der Waals surface area contributed by atoms with Gasteiger partial charge < -0.3 is 5.32 Å². The Bertz CT molecular complexity index is 719. The van der Waals surface area contributed by atoms with Crippen LogP contribution in [0.25, 0.3) is 0 Å². The normalized spacial score (nSPS) is 11.6. The number of sulfonamides is 1. The van der Waals surface area contributed by atoms with E-state index in [0.29, 0.717) is 6.54 Å². The molecule has 2 aromatic rings. The molecule has 0 saturated heterocycles. The molecule has 0 aliphatic heterocycles. The van der Waals surface area contributed by atoms with E-state index in [2.05, 4.69) is 5.32 Å². The van der Waals surface area contributed by atoms with E-state index in [9.17, 15) is 12.8 Å². The smallest absolute Gasteiger partial charge is 0.238 e. The van der Waals surface area contributed by atoms with Gasteiger partial charge in [0.25, 0.3) is 0 Å². The highest BCUT2D eigenvalue weighted by Crippen LogP contribution is 2.23. The molecule has 108 valence electrons. The van der Waals surface area contributed by atoms with Crippen molar-refractivity contribution in [3.63, 3.8) is 0 Å². The molecule has 4 nitrogen and oxygen atoms in total. The maximum absolute atomic E-state index is 13.8. The largest absolute Gasteiger partial charge is 0.378 e. The third-order valence-corrected chi connectivity index (χ3v) is 5.00. The van der Waals surface area contributed by atoms with Crippen LogP contribution in [0.15, 0.2) is 29.2 Å². The van der Waals surface area contributed by atoms with Crippen LogP contribution in [0.4, 0.5) is 10.1 Å². The first-order valence-electron chi connectivity index (χ1n) is 5.89. The number of halogens is 1. The minimum atomic E-state index is -3.88. The third kappa shape index (κ3) is 3.36. The number of anilines is 1. The Hall–Kier alpha value is -1.44. The zero-order chi connectivity index (χ0) is 14.9. The monoisotopic (exact) mass is 314 g/mol. The molecule has 0 amide bonds. The molecule has 0 saturated carbocycles. The van der Waals surface area contributed by atoms with Crippen molar-refractivity contribution in [2.45, 2.75) is 25.3 Å². The quantitative estimate of drug-likeness (QED) is 0.911. The van der Waals surface area contributed by atoms with Crippen molar-refractivity contribution in [1.82, 2.24) is 0 Å². The van der Waals surface area contributed by atoms with Gasteiger partial charge in [0, 0.05) is 16.3 Å². The molecule has 0 aliphatic carbocycles. The molecular weight excluding hydrogens is 299 g/mol. The van der Waals surface area contributed by atoms with Crippen LogP contribution in [0, 0.1) is 19.7 Å². The van der Waals surface area contributed by atoms with Gasteiger partial charge in [-0.15, -0.1) is 11.3 Å². The topological polar surface area (TPSA) is 72.2 Å². The van der Waals surface area contributed by atoms with Gasteiger partial charge in [0.2, 0.25) is 10.0 Å². The van der Waals surface area contributed by atoms with Crippen molar-refractivity contribution in [2.75, 3.05) is 5.32 Å². The molecule has 7 heteroatoms. The first-order valence-corrected chi connectivity index (χ1v) is 8.26. The molecule has 1 aromatic carbocycles. The Morgan fingerprint density at radius 1 is 1.30 bits per heavy atom. The average molecular weight is 314 g/mol. The Kier molecular flexibility index (Phi) is 4.12. The van der Waals surface area contributed by atoms with Crippen LogP contribution in [-0.4, -0.2) is 8.42 Å². The van der Waals surface area contributed by atoms with Gasteiger partial charge >= 0.3 is 0 Å². The number of thiophene rings is 1. The van der Waals surface area contributed by atoms with Crippen molar-refractivity contribution in [3.8, 4) is 0 Å². The van der Waals surface area contributed by atoms with E-state index in [0.717, 1.165) is 10.9 Å². The van der Waals surface area contributed by atoms with Gasteiger partial charge in [-0.25, -0.2) is 17.9 Å². The summed E-state index contributed by atoms with van der Waals surface area (Å²) < 4.78 is 36.0. The van der Waals surface area contributed by atoms with Crippen LogP contribution in [0.3, 0.4) is 0 Å². The van der Waals surface area contributed by atoms with Crippen LogP contribution in [0.5, 0.6) is 0 Å². The minimum Gasteiger partial charge on any atom is -0.378 e. The van der Waals surface area contributed by atoms with E-state index >= 15 is 0 Å². The highest BCUT2D eigenvalue weighted by Gasteiger charge is 2.11. The van der Waals surface area contributed by atoms with Gasteiger partial charge in [0.15, 0.2) is 0 Å². The molecule has 0 aliphatic rings. The number of nitrogens with two attached hydrogens (primary N) is 1. The lowest BCUT2D eigenvalue weighted by Gasteiger charge is -2.07. The first-order chi connectivity index (χ1) is 9.27. The van der Waals surface area contributed by atoms with Crippen molar-refractivity contribution in [2.24, 2.45) is 5.14 Å². The summed E-state index contributed by atoms with van der Waals surface area (Å²) in [6, 6.07) is 5.63. The van der Waals surface area contributed by atoms with Crippen LogP contribution in [-0.2, 0) is 16.6 Å². The SMILES string of the molecule is Cc1cc(CNc2ccc(S(N)(=O)=O)cc2F)sc1C. The Morgan fingerprint density at radius 2 is 2.00 bits per heavy atom. The number of hydrogen-bond donors (Lipinski definition) is 2. The number of primary sulfonamides is 1. The highest BCUT2D eigenvalue weighted by atomic mass is 32.2. The predicted molar refractivity (Wildman–Crippen MR) is 78.9 cm³/mol. The second kappa shape index (κ2) is 5.51. The first kappa shape index (κ1) is 15.0. The van der Waals surface area contributed by atoms with Crippen molar-refractivity contribution in [1.29, 1.82) is 0 Å². The summed E-state index contributed by atoms with van der Waals surface area (Å²) in [6.07, 6.45) is 0. The number of nitrogens with one attached hydrogen (secondary N) is 1. The van der Waals surface area contributed by atoms with E-state index in [1.54, 1.807) is 11.3 Å². The van der Waals surface area contributed by atoms with Gasteiger partial charge in [0.05, 0.1) is 10.6 Å². The molecule has 0 fully saturated rings. The summed E-state index contributed by atoms with van der Waals surface area (Å²) in [5.41, 5.74) is 1.46. The molecule has 3 N–H and O–H groups in total. The highest BCUT2D eigenvalue weighted by molar-refractivity contribution is 7.89. The molecule has 0 unspecified atom stereocenters. The maximum atomic E-state index is 13.8. The molecule has 1 heterocycles. The number of aryl methyl sites for hydroxylation is 2. The van der Waals surface area contributed by atoms with Crippen LogP contribution in [0.1, 0.15) is 15.3 Å². The molecule has 0 atom stereocenters. The average Bonchev–Trinajstić information content (AvgIpc) is 2.66. The second-order valence-electron chi connectivity index (χ2n) is 4.49. The fraction of sp³-hybridized carbons (Fsp3) is 0.231. The van der Waals surface area contributed by atoms with Crippen LogP contribution >= 0.6 is 11.3 Å². The molecular formula is C13H15FN2O2S2. The van der Waals surface area contributed by atoms with E-state index in [-0.39, 0.29) is 10.6 Å². The maximum Gasteiger partial charge on any atom is 0.238 e. The summed E-state index contributed by atoms with van der Waals surface area (Å²) in [6.45, 7) is 4.55. The van der Waals surface area contributed by atoms with Gasteiger partial charge in [-0.3, -0.25) is 0 Å². The summed E-state index contributed by atoms with van der Waals surface area (Å²) in [5.74, 6) is -0.637. The van der Waals surface area contributed by atoms with E-state index in [1.165, 1.54) is 22.6 Å². The van der Waals surface area contributed by atoms with Gasteiger partial charge in [0.1, 0.15) is 5.82 Å². The molecule has 1 aromatic heterocycles. The molecule has 0 bridgehead atoms. The summed E-state index contributed by atoms with van der Waals surface area (Å²) in [5, 5.41) is 7.90. The Balaban J connectivity index is 2.14. The summed E-state index contributed by atoms with van der Waals surface area (Å²) >= 11 is 1.65. The minimum absolute atomic E-state index is 0.233. The van der Waals surface area contributed by atoms with Crippen LogP contribution in [0.2, 0.25) is 0 Å². The van der Waals surface area contributed by atoms with Gasteiger partial charge in [-0.05, 0) is 43.7 Å². The van der Waals surface area contributed by atoms with E-state index in [1.807, 2.05) is 19.9 Å². The molecule has 0 radical (unpaired) electrons.